The van der Waals surface area contributed by atoms with Gasteiger partial charge in [0.25, 0.3) is 0 Å². The van der Waals surface area contributed by atoms with Gasteiger partial charge < -0.3 is 15.4 Å². The first kappa shape index (κ1) is 27.1. The highest BCUT2D eigenvalue weighted by atomic mass is 127. The molecule has 0 atom stereocenters. The zero-order valence-corrected chi connectivity index (χ0v) is 21.3. The quantitative estimate of drug-likeness (QED) is 0.247. The lowest BCUT2D eigenvalue weighted by Gasteiger charge is -2.26. The molecule has 3 N–H and O–H groups in total. The Morgan fingerprint density at radius 2 is 1.81 bits per heavy atom. The number of nitrogens with one attached hydrogen (secondary N) is 3. The third-order valence-corrected chi connectivity index (χ3v) is 4.98. The average molecular weight is 564 g/mol. The Morgan fingerprint density at radius 1 is 1.13 bits per heavy atom. The van der Waals surface area contributed by atoms with Crippen molar-refractivity contribution >= 4 is 40.0 Å². The SMILES string of the molecule is CN=C(NCCc1ccc(Oc2ccccc2)c(F)c1)NCC(C)(C)NS(C)(=O)=O.I. The van der Waals surface area contributed by atoms with E-state index in [-0.39, 0.29) is 29.7 Å². The summed E-state index contributed by atoms with van der Waals surface area (Å²) in [6, 6.07) is 13.9. The Labute approximate surface area is 201 Å². The van der Waals surface area contributed by atoms with Crippen molar-refractivity contribution in [3.05, 3.63) is 59.9 Å². The summed E-state index contributed by atoms with van der Waals surface area (Å²) in [7, 11) is -1.69. The molecule has 0 bridgehead atoms. The van der Waals surface area contributed by atoms with Gasteiger partial charge in [-0.1, -0.05) is 24.3 Å². The van der Waals surface area contributed by atoms with Crippen LogP contribution in [-0.2, 0) is 16.4 Å². The highest BCUT2D eigenvalue weighted by Crippen LogP contribution is 2.24. The molecule has 2 rings (SSSR count). The van der Waals surface area contributed by atoms with Gasteiger partial charge >= 0.3 is 0 Å². The molecule has 0 fully saturated rings. The van der Waals surface area contributed by atoms with E-state index in [2.05, 4.69) is 20.3 Å². The maximum Gasteiger partial charge on any atom is 0.209 e. The largest absolute Gasteiger partial charge is 0.454 e. The zero-order chi connectivity index (χ0) is 22.2. The number of nitrogens with zero attached hydrogens (tertiary/aromatic N) is 1. The predicted octanol–water partition coefficient (Wildman–Crippen LogP) is 3.27. The Morgan fingerprint density at radius 3 is 2.39 bits per heavy atom. The van der Waals surface area contributed by atoms with Crippen molar-refractivity contribution in [2.24, 2.45) is 4.99 Å². The maximum atomic E-state index is 14.3. The number of halogens is 2. The minimum atomic E-state index is -3.31. The van der Waals surface area contributed by atoms with Gasteiger partial charge in [0.05, 0.1) is 6.26 Å². The lowest BCUT2D eigenvalue weighted by molar-refractivity contribution is 0.441. The molecule has 0 aromatic heterocycles. The van der Waals surface area contributed by atoms with Crippen molar-refractivity contribution in [2.45, 2.75) is 25.8 Å². The molecule has 0 aliphatic heterocycles. The highest BCUT2D eigenvalue weighted by Gasteiger charge is 2.22. The maximum absolute atomic E-state index is 14.3. The standard InChI is InChI=1S/C21H29FN4O3S.HI/c1-21(2,26-30(4,27)28)15-25-20(23-3)24-13-12-16-10-11-19(18(22)14-16)29-17-8-6-5-7-9-17;/h5-11,14,26H,12-13,15H2,1-4H3,(H2,23,24,25);1H. The molecule has 0 amide bonds. The number of rotatable bonds is 9. The van der Waals surface area contributed by atoms with Gasteiger partial charge in [0.1, 0.15) is 5.75 Å². The normalized spacial score (nSPS) is 12.1. The molecule has 0 spiro atoms. The van der Waals surface area contributed by atoms with Crippen LogP contribution in [0.2, 0.25) is 0 Å². The number of para-hydroxylation sites is 1. The first-order valence-electron chi connectivity index (χ1n) is 9.53. The van der Waals surface area contributed by atoms with Crippen LogP contribution in [0.4, 0.5) is 4.39 Å². The fourth-order valence-electron chi connectivity index (χ4n) is 2.79. The third-order valence-electron chi connectivity index (χ3n) is 4.06. The smallest absolute Gasteiger partial charge is 0.209 e. The van der Waals surface area contributed by atoms with E-state index in [0.29, 0.717) is 31.2 Å². The van der Waals surface area contributed by atoms with E-state index in [0.717, 1.165) is 11.8 Å². The van der Waals surface area contributed by atoms with Crippen LogP contribution in [0.3, 0.4) is 0 Å². The number of hydrogen-bond donors (Lipinski definition) is 3. The molecule has 0 aliphatic carbocycles. The van der Waals surface area contributed by atoms with Gasteiger partial charge in [-0.05, 0) is 50.1 Å². The lowest BCUT2D eigenvalue weighted by atomic mass is 10.1. The molecule has 0 aliphatic rings. The average Bonchev–Trinajstić information content (AvgIpc) is 2.65. The van der Waals surface area contributed by atoms with Crippen molar-refractivity contribution in [3.8, 4) is 11.5 Å². The molecule has 172 valence electrons. The second-order valence-electron chi connectivity index (χ2n) is 7.54. The molecule has 0 saturated heterocycles. The summed E-state index contributed by atoms with van der Waals surface area (Å²) in [5.74, 6) is 0.861. The van der Waals surface area contributed by atoms with Gasteiger partial charge in [0, 0.05) is 25.7 Å². The van der Waals surface area contributed by atoms with E-state index in [9.17, 15) is 12.8 Å². The summed E-state index contributed by atoms with van der Waals surface area (Å²) in [4.78, 5) is 4.12. The van der Waals surface area contributed by atoms with E-state index in [1.807, 2.05) is 24.3 Å². The fraction of sp³-hybridized carbons (Fsp3) is 0.381. The van der Waals surface area contributed by atoms with Crippen molar-refractivity contribution in [1.82, 2.24) is 15.4 Å². The topological polar surface area (TPSA) is 91.8 Å². The van der Waals surface area contributed by atoms with Crippen LogP contribution < -0.4 is 20.1 Å². The van der Waals surface area contributed by atoms with Crippen molar-refractivity contribution in [1.29, 1.82) is 0 Å². The van der Waals surface area contributed by atoms with Gasteiger partial charge in [0.15, 0.2) is 17.5 Å². The monoisotopic (exact) mass is 564 g/mol. The summed E-state index contributed by atoms with van der Waals surface area (Å²) < 4.78 is 45.3. The van der Waals surface area contributed by atoms with Gasteiger partial charge in [-0.3, -0.25) is 4.99 Å². The second-order valence-corrected chi connectivity index (χ2v) is 9.29. The van der Waals surface area contributed by atoms with Crippen molar-refractivity contribution in [3.63, 3.8) is 0 Å². The molecule has 0 heterocycles. The summed E-state index contributed by atoms with van der Waals surface area (Å²) >= 11 is 0. The molecule has 0 unspecified atom stereocenters. The van der Waals surface area contributed by atoms with E-state index in [1.54, 1.807) is 39.1 Å². The van der Waals surface area contributed by atoms with E-state index >= 15 is 0 Å². The molecule has 10 heteroatoms. The van der Waals surface area contributed by atoms with Crippen molar-refractivity contribution in [2.75, 3.05) is 26.4 Å². The van der Waals surface area contributed by atoms with Crippen LogP contribution in [0.15, 0.2) is 53.5 Å². The number of hydrogen-bond acceptors (Lipinski definition) is 4. The van der Waals surface area contributed by atoms with Crippen LogP contribution in [0.5, 0.6) is 11.5 Å². The number of benzene rings is 2. The molecule has 0 radical (unpaired) electrons. The Balaban J connectivity index is 0.00000480. The summed E-state index contributed by atoms with van der Waals surface area (Å²) in [6.45, 7) is 4.42. The molecule has 0 saturated carbocycles. The molecule has 31 heavy (non-hydrogen) atoms. The molecule has 7 nitrogen and oxygen atoms in total. The zero-order valence-electron chi connectivity index (χ0n) is 18.1. The summed E-state index contributed by atoms with van der Waals surface area (Å²) in [5, 5.41) is 6.22. The Kier molecular flexibility index (Phi) is 10.7. The molecular weight excluding hydrogens is 534 g/mol. The number of sulfonamides is 1. The first-order chi connectivity index (χ1) is 14.1. The van der Waals surface area contributed by atoms with Gasteiger partial charge in [-0.2, -0.15) is 0 Å². The summed E-state index contributed by atoms with van der Waals surface area (Å²) in [5.41, 5.74) is 0.137. The van der Waals surface area contributed by atoms with Gasteiger partial charge in [-0.15, -0.1) is 24.0 Å². The Hall–Kier alpha value is -1.92. The van der Waals surface area contributed by atoms with Gasteiger partial charge in [-0.25, -0.2) is 17.5 Å². The van der Waals surface area contributed by atoms with Gasteiger partial charge in [0.2, 0.25) is 10.0 Å². The van der Waals surface area contributed by atoms with Crippen LogP contribution in [0.25, 0.3) is 0 Å². The third kappa shape index (κ3) is 10.3. The Bertz CT molecular complexity index is 970. The molecule has 2 aromatic rings. The van der Waals surface area contributed by atoms with Crippen LogP contribution in [0.1, 0.15) is 19.4 Å². The molecule has 2 aromatic carbocycles. The highest BCUT2D eigenvalue weighted by molar-refractivity contribution is 14.0. The van der Waals surface area contributed by atoms with E-state index in [4.69, 9.17) is 4.74 Å². The fourth-order valence-corrected chi connectivity index (χ4v) is 3.86. The van der Waals surface area contributed by atoms with Crippen LogP contribution in [0, 0.1) is 5.82 Å². The number of guanidine groups is 1. The summed E-state index contributed by atoms with van der Waals surface area (Å²) in [6.07, 6.45) is 1.70. The lowest BCUT2D eigenvalue weighted by Crippen LogP contribution is -2.53. The number of aliphatic imine (C=N–C) groups is 1. The number of ether oxygens (including phenoxy) is 1. The van der Waals surface area contributed by atoms with Crippen LogP contribution >= 0.6 is 24.0 Å². The van der Waals surface area contributed by atoms with Crippen molar-refractivity contribution < 1.29 is 17.5 Å². The van der Waals surface area contributed by atoms with E-state index in [1.165, 1.54) is 6.07 Å². The minimum absolute atomic E-state index is 0. The molecular formula is C21H30FIN4O3S. The predicted molar refractivity (Wildman–Crippen MR) is 133 cm³/mol. The van der Waals surface area contributed by atoms with E-state index < -0.39 is 21.4 Å². The van der Waals surface area contributed by atoms with Crippen LogP contribution in [-0.4, -0.2) is 46.3 Å². The first-order valence-corrected chi connectivity index (χ1v) is 11.4. The minimum Gasteiger partial charge on any atom is -0.454 e. The second kappa shape index (κ2) is 12.2.